The van der Waals surface area contributed by atoms with Gasteiger partial charge < -0.3 is 9.97 Å². The van der Waals surface area contributed by atoms with Gasteiger partial charge in [-0.2, -0.15) is 0 Å². The van der Waals surface area contributed by atoms with Crippen molar-refractivity contribution in [3.8, 4) is 44.5 Å². The highest BCUT2D eigenvalue weighted by molar-refractivity contribution is 6.06. The number of H-pyrrole nitrogens is 2. The maximum absolute atomic E-state index is 13.5. The van der Waals surface area contributed by atoms with Gasteiger partial charge in [-0.15, -0.1) is 0 Å². The van der Waals surface area contributed by atoms with E-state index in [1.165, 1.54) is 48.6 Å². The van der Waals surface area contributed by atoms with E-state index in [0.717, 1.165) is 48.5 Å². The number of nitrogens with zero attached hydrogens (tertiary/aromatic N) is 10. The summed E-state index contributed by atoms with van der Waals surface area (Å²) in [6.07, 6.45) is 4.88. The number of hydrogen-bond donors (Lipinski definition) is 2. The first-order valence-electron chi connectivity index (χ1n) is 26.9. The predicted molar refractivity (Wildman–Crippen MR) is 329 cm³/mol. The van der Waals surface area contributed by atoms with Crippen LogP contribution < -0.4 is 0 Å². The van der Waals surface area contributed by atoms with Gasteiger partial charge in [0, 0.05) is 92.9 Å². The van der Waals surface area contributed by atoms with Crippen LogP contribution in [-0.4, -0.2) is 59.3 Å². The van der Waals surface area contributed by atoms with E-state index < -0.39 is 151 Å². The third kappa shape index (κ3) is 10.9. The molecule has 0 atom stereocenters. The summed E-state index contributed by atoms with van der Waals surface area (Å²) in [5.41, 5.74) is -16.7. The Labute approximate surface area is 497 Å². The minimum atomic E-state index is -0.945. The number of nitro benzene ring substituents is 8. The third-order valence-corrected chi connectivity index (χ3v) is 15.2. The molecule has 2 aliphatic rings. The molecule has 0 fully saturated rings. The van der Waals surface area contributed by atoms with Crippen molar-refractivity contribution in [3.63, 3.8) is 0 Å². The molecule has 28 heteroatoms. The molecule has 28 nitrogen and oxygen atoms in total. The summed E-state index contributed by atoms with van der Waals surface area (Å²) in [7, 11) is 0. The molecule has 7 aromatic rings. The number of benzene rings is 4. The number of hydrogen-bond acceptors (Lipinski definition) is 18. The average molecular weight is 1200 g/mol. The third-order valence-electron chi connectivity index (χ3n) is 15.2. The van der Waals surface area contributed by atoms with Gasteiger partial charge in [0.05, 0.1) is 62.2 Å². The quantitative estimate of drug-likeness (QED) is 0.0847. The van der Waals surface area contributed by atoms with Crippen LogP contribution in [0, 0.1) is 80.9 Å². The molecular formula is C60H54N12O16. The first kappa shape index (κ1) is 61.2. The molecule has 0 saturated heterocycles. The smallest absolute Gasteiger partial charge is 0.284 e. The Morgan fingerprint density at radius 1 is 0.273 bits per heavy atom. The minimum Gasteiger partial charge on any atom is -0.354 e. The van der Waals surface area contributed by atoms with Crippen molar-refractivity contribution in [1.29, 1.82) is 0 Å². The van der Waals surface area contributed by atoms with E-state index in [-0.39, 0.29) is 67.1 Å². The van der Waals surface area contributed by atoms with Gasteiger partial charge >= 0.3 is 0 Å². The Hall–Kier alpha value is -11.3. The predicted octanol–water partition coefficient (Wildman–Crippen LogP) is 15.8. The zero-order valence-corrected chi connectivity index (χ0v) is 49.2. The molecule has 4 aromatic carbocycles. The van der Waals surface area contributed by atoms with E-state index in [2.05, 4.69) is 9.97 Å². The van der Waals surface area contributed by atoms with Crippen molar-refractivity contribution >= 4 is 91.9 Å². The van der Waals surface area contributed by atoms with Crippen LogP contribution in [-0.2, 0) is 21.7 Å². The second kappa shape index (κ2) is 21.3. The molecule has 0 aliphatic carbocycles. The monoisotopic (exact) mass is 1200 g/mol. The van der Waals surface area contributed by atoms with Crippen molar-refractivity contribution < 1.29 is 39.4 Å². The van der Waals surface area contributed by atoms with E-state index >= 15 is 0 Å². The van der Waals surface area contributed by atoms with Crippen LogP contribution in [0.15, 0.2) is 72.8 Å². The van der Waals surface area contributed by atoms with Gasteiger partial charge in [0.1, 0.15) is 22.3 Å². The first-order valence-corrected chi connectivity index (χ1v) is 26.9. The molecule has 9 rings (SSSR count). The maximum Gasteiger partial charge on any atom is 0.284 e. The molecule has 3 aromatic heterocycles. The summed E-state index contributed by atoms with van der Waals surface area (Å²) in [6.45, 7) is 19.9. The second-order valence-electron chi connectivity index (χ2n) is 25.1. The van der Waals surface area contributed by atoms with Crippen molar-refractivity contribution in [1.82, 2.24) is 19.9 Å². The summed E-state index contributed by atoms with van der Waals surface area (Å²) in [5.74, 6) is 0. The number of rotatable bonds is 12. The highest BCUT2D eigenvalue weighted by Crippen LogP contribution is 2.52. The first-order chi connectivity index (χ1) is 40.8. The fourth-order valence-corrected chi connectivity index (χ4v) is 10.6. The molecule has 8 bridgehead atoms. The van der Waals surface area contributed by atoms with Gasteiger partial charge in [-0.25, -0.2) is 9.97 Å². The summed E-state index contributed by atoms with van der Waals surface area (Å²) < 4.78 is 0. The van der Waals surface area contributed by atoms with E-state index in [1.54, 1.807) is 83.1 Å². The summed E-state index contributed by atoms with van der Waals surface area (Å²) >= 11 is 0. The molecule has 0 radical (unpaired) electrons. The Morgan fingerprint density at radius 2 is 0.420 bits per heavy atom. The van der Waals surface area contributed by atoms with E-state index in [9.17, 15) is 80.9 Å². The van der Waals surface area contributed by atoms with Crippen LogP contribution >= 0.6 is 0 Å². The van der Waals surface area contributed by atoms with Crippen molar-refractivity contribution in [2.24, 2.45) is 0 Å². The Kier molecular flexibility index (Phi) is 14.8. The lowest BCUT2D eigenvalue weighted by Crippen LogP contribution is -2.13. The van der Waals surface area contributed by atoms with Crippen LogP contribution in [0.25, 0.3) is 90.9 Å². The SMILES string of the molecule is CC(C)(C)c1cc([N+](=O)[O-])c(-c2c3nc(c(-c4c([N+](=O)[O-])cc(C(C)(C)C)cc4[N+](=O)[O-])c4ccc([nH]4)c(-c4c([N+](=O)[O-])cc(C(C)(C)C)cc4[N+](=O)[O-])c4nc(c(-c5c([N+](=O)[O-])cc(C(C)(C)C)cc5[N+](=O)[O-])c5ccc2[nH]5)C=C4)C=C3)c([N+](=O)[O-])c1. The zero-order valence-electron chi connectivity index (χ0n) is 49.2. The number of nitrogens with one attached hydrogen (secondary N) is 2. The van der Waals surface area contributed by atoms with Crippen LogP contribution in [0.5, 0.6) is 0 Å². The molecule has 2 N–H and O–H groups in total. The number of aromatic amines is 2. The van der Waals surface area contributed by atoms with Gasteiger partial charge in [0.15, 0.2) is 0 Å². The van der Waals surface area contributed by atoms with Crippen molar-refractivity contribution in [2.45, 2.75) is 105 Å². The Balaban J connectivity index is 1.67. The largest absolute Gasteiger partial charge is 0.354 e. The summed E-state index contributed by atoms with van der Waals surface area (Å²) in [4.78, 5) is 117. The number of nitro groups is 8. The lowest BCUT2D eigenvalue weighted by molar-refractivity contribution is -0.393. The minimum absolute atomic E-state index is 0.146. The zero-order chi connectivity index (χ0) is 64.9. The second-order valence-corrected chi connectivity index (χ2v) is 25.1. The molecule has 0 spiro atoms. The van der Waals surface area contributed by atoms with E-state index in [0.29, 0.717) is 0 Å². The van der Waals surface area contributed by atoms with Crippen LogP contribution in [0.2, 0.25) is 0 Å². The Morgan fingerprint density at radius 3 is 0.545 bits per heavy atom. The van der Waals surface area contributed by atoms with Crippen molar-refractivity contribution in [3.05, 3.63) is 199 Å². The molecule has 0 amide bonds. The molecule has 450 valence electrons. The standard InChI is InChI=1S/C60H54N12O16/c1-57(2,3)29-21-41(65(73)74)53(42(22-29)66(75)76)49-33-13-15-35(61-33)50(54-43(67(77)78)23-30(58(4,5)6)24-44(54)68(79)80)37-17-19-39(63-37)52(56-47(71(85)86)27-32(60(10,11)12)28-48(56)72(87)88)40-20-18-38(64-40)51(36-16-14-34(49)62-36)55-45(69(81)82)25-31(59(7,8)9)26-46(55)70(83)84/h13-28,61,64H,1-12H3. The molecule has 0 unspecified atom stereocenters. The highest BCUT2D eigenvalue weighted by atomic mass is 16.7. The summed E-state index contributed by atoms with van der Waals surface area (Å²) in [5, 5.41) is 108. The molecule has 0 saturated carbocycles. The van der Waals surface area contributed by atoms with Crippen LogP contribution in [0.4, 0.5) is 45.5 Å². The van der Waals surface area contributed by atoms with Gasteiger partial charge in [0.2, 0.25) is 0 Å². The normalized spacial score (nSPS) is 12.5. The van der Waals surface area contributed by atoms with Crippen LogP contribution in [0.1, 0.15) is 128 Å². The molecule has 88 heavy (non-hydrogen) atoms. The van der Waals surface area contributed by atoms with Gasteiger partial charge in [-0.3, -0.25) is 80.9 Å². The lowest BCUT2D eigenvalue weighted by atomic mass is 9.84. The maximum atomic E-state index is 13.5. The lowest BCUT2D eigenvalue weighted by Gasteiger charge is -2.20. The molecular weight excluding hydrogens is 1140 g/mol. The molecule has 5 heterocycles. The van der Waals surface area contributed by atoms with Gasteiger partial charge in [-0.05, 0) is 92.5 Å². The van der Waals surface area contributed by atoms with Gasteiger partial charge in [0.25, 0.3) is 45.5 Å². The van der Waals surface area contributed by atoms with Crippen molar-refractivity contribution in [2.75, 3.05) is 0 Å². The topological polar surface area (TPSA) is 402 Å². The van der Waals surface area contributed by atoms with Crippen LogP contribution in [0.3, 0.4) is 0 Å². The molecule has 2 aliphatic heterocycles. The average Bonchev–Trinajstić information content (AvgIpc) is 2.43. The van der Waals surface area contributed by atoms with E-state index in [4.69, 9.17) is 9.97 Å². The number of aromatic nitrogens is 4. The van der Waals surface area contributed by atoms with Gasteiger partial charge in [-0.1, -0.05) is 83.1 Å². The number of fused-ring (bicyclic) bond motifs is 8. The fraction of sp³-hybridized carbons (Fsp3) is 0.267. The Bertz CT molecular complexity index is 3880. The summed E-state index contributed by atoms with van der Waals surface area (Å²) in [6, 6.07) is 14.0. The van der Waals surface area contributed by atoms with E-state index in [1.807, 2.05) is 0 Å². The highest BCUT2D eigenvalue weighted by Gasteiger charge is 2.40. The fourth-order valence-electron chi connectivity index (χ4n) is 10.6.